The molecule has 1 fully saturated rings. The number of hydrogen-bond acceptors (Lipinski definition) is 6. The van der Waals surface area contributed by atoms with Crippen LogP contribution in [0.3, 0.4) is 0 Å². The summed E-state index contributed by atoms with van der Waals surface area (Å²) in [4.78, 5) is 14.1. The molecule has 140 valence electrons. The van der Waals surface area contributed by atoms with Crippen LogP contribution in [0.5, 0.6) is 0 Å². The Kier molecular flexibility index (Phi) is 6.17. The zero-order valence-electron chi connectivity index (χ0n) is 15.0. The molecular formula is C18H25N5O3. The fourth-order valence-corrected chi connectivity index (χ4v) is 3.50. The summed E-state index contributed by atoms with van der Waals surface area (Å²) < 4.78 is 5.42. The number of aromatic nitrogens is 4. The Labute approximate surface area is 152 Å². The summed E-state index contributed by atoms with van der Waals surface area (Å²) in [6.07, 6.45) is 1.94. The highest BCUT2D eigenvalue weighted by molar-refractivity contribution is 5.71. The van der Waals surface area contributed by atoms with Crippen molar-refractivity contribution < 1.29 is 14.6 Å². The third-order valence-electron chi connectivity index (χ3n) is 4.84. The molecule has 1 aliphatic rings. The highest BCUT2D eigenvalue weighted by Crippen LogP contribution is 2.31. The van der Waals surface area contributed by atoms with Crippen LogP contribution in [0, 0.1) is 5.92 Å². The van der Waals surface area contributed by atoms with Crippen LogP contribution in [-0.4, -0.2) is 58.0 Å². The Morgan fingerprint density at radius 2 is 2.19 bits per heavy atom. The molecule has 2 N–H and O–H groups in total. The molecule has 0 saturated carbocycles. The number of nitrogens with zero attached hydrogens (tertiary/aromatic N) is 4. The van der Waals surface area contributed by atoms with Gasteiger partial charge in [-0.3, -0.25) is 4.79 Å². The molecule has 1 aromatic carbocycles. The van der Waals surface area contributed by atoms with E-state index < -0.39 is 11.9 Å². The van der Waals surface area contributed by atoms with Crippen molar-refractivity contribution in [2.45, 2.75) is 32.1 Å². The van der Waals surface area contributed by atoms with Gasteiger partial charge in [-0.25, -0.2) is 0 Å². The van der Waals surface area contributed by atoms with Crippen molar-refractivity contribution in [1.82, 2.24) is 20.6 Å². The lowest BCUT2D eigenvalue weighted by Crippen LogP contribution is -2.36. The number of tetrazole rings is 1. The second kappa shape index (κ2) is 8.75. The van der Waals surface area contributed by atoms with Crippen LogP contribution in [0.2, 0.25) is 0 Å². The van der Waals surface area contributed by atoms with Crippen LogP contribution in [0.4, 0.5) is 5.69 Å². The molecule has 1 aliphatic heterocycles. The third-order valence-corrected chi connectivity index (χ3v) is 4.84. The molecule has 2 aromatic rings. The average Bonchev–Trinajstić information content (AvgIpc) is 3.20. The standard InChI is InChI=1S/C18H25N5O3/c1-2-4-15(18(24)25)16(17-19-21-22-20-17)12-13-5-3-6-14(11-13)23-7-9-26-10-8-23/h3,5-6,11,15-16H,2,4,7-10,12H2,1H3,(H,24,25)(H,19,20,21,22)/t15-,16-/m0/s1. The van der Waals surface area contributed by atoms with Crippen molar-refractivity contribution in [3.63, 3.8) is 0 Å². The molecule has 2 heterocycles. The molecule has 0 bridgehead atoms. The lowest BCUT2D eigenvalue weighted by molar-refractivity contribution is -0.142. The average molecular weight is 359 g/mol. The predicted molar refractivity (Wildman–Crippen MR) is 96.1 cm³/mol. The number of benzene rings is 1. The number of nitrogens with one attached hydrogen (secondary N) is 1. The molecule has 1 saturated heterocycles. The molecule has 1 aromatic heterocycles. The molecule has 0 radical (unpaired) electrons. The van der Waals surface area contributed by atoms with E-state index in [1.807, 2.05) is 19.1 Å². The van der Waals surface area contributed by atoms with E-state index in [1.54, 1.807) is 0 Å². The number of anilines is 1. The molecule has 26 heavy (non-hydrogen) atoms. The minimum absolute atomic E-state index is 0.314. The van der Waals surface area contributed by atoms with Gasteiger partial charge in [-0.05, 0) is 30.5 Å². The number of hydrogen-bond donors (Lipinski definition) is 2. The predicted octanol–water partition coefficient (Wildman–Crippen LogP) is 1.86. The fraction of sp³-hybridized carbons (Fsp3) is 0.556. The Bertz CT molecular complexity index is 701. The number of ether oxygens (including phenoxy) is 1. The number of morpholine rings is 1. The molecule has 0 unspecified atom stereocenters. The first kappa shape index (κ1) is 18.3. The number of carbonyl (C=O) groups is 1. The molecule has 8 heteroatoms. The van der Waals surface area contributed by atoms with Crippen LogP contribution in [0.25, 0.3) is 0 Å². The Balaban J connectivity index is 1.83. The van der Waals surface area contributed by atoms with E-state index in [-0.39, 0.29) is 5.92 Å². The summed E-state index contributed by atoms with van der Waals surface area (Å²) >= 11 is 0. The molecule has 8 nitrogen and oxygen atoms in total. The summed E-state index contributed by atoms with van der Waals surface area (Å²) in [5, 5.41) is 23.9. The van der Waals surface area contributed by atoms with E-state index in [9.17, 15) is 9.90 Å². The summed E-state index contributed by atoms with van der Waals surface area (Å²) in [6, 6.07) is 8.26. The monoisotopic (exact) mass is 359 g/mol. The molecule has 2 atom stereocenters. The zero-order chi connectivity index (χ0) is 18.4. The van der Waals surface area contributed by atoms with Gasteiger partial charge in [-0.2, -0.15) is 5.21 Å². The van der Waals surface area contributed by atoms with E-state index in [0.717, 1.165) is 44.0 Å². The lowest BCUT2D eigenvalue weighted by Gasteiger charge is -2.29. The number of H-pyrrole nitrogens is 1. The Morgan fingerprint density at radius 1 is 1.38 bits per heavy atom. The van der Waals surface area contributed by atoms with Gasteiger partial charge >= 0.3 is 5.97 Å². The topological polar surface area (TPSA) is 104 Å². The maximum absolute atomic E-state index is 11.8. The first-order chi connectivity index (χ1) is 12.7. The molecule has 0 aliphatic carbocycles. The van der Waals surface area contributed by atoms with E-state index in [2.05, 4.69) is 37.7 Å². The van der Waals surface area contributed by atoms with Crippen LogP contribution in [-0.2, 0) is 16.0 Å². The SMILES string of the molecule is CCC[C@H](C(=O)O)[C@H](Cc1cccc(N2CCOCC2)c1)c1nn[nH]n1. The van der Waals surface area contributed by atoms with Crippen molar-refractivity contribution in [2.24, 2.45) is 5.92 Å². The van der Waals surface area contributed by atoms with Crippen LogP contribution >= 0.6 is 0 Å². The summed E-state index contributed by atoms with van der Waals surface area (Å²) in [6.45, 7) is 5.18. The summed E-state index contributed by atoms with van der Waals surface area (Å²) in [7, 11) is 0. The van der Waals surface area contributed by atoms with Gasteiger partial charge in [0.2, 0.25) is 0 Å². The van der Waals surface area contributed by atoms with Crippen molar-refractivity contribution >= 4 is 11.7 Å². The Morgan fingerprint density at radius 3 is 2.85 bits per heavy atom. The molecular weight excluding hydrogens is 334 g/mol. The van der Waals surface area contributed by atoms with Crippen LogP contribution < -0.4 is 4.90 Å². The third kappa shape index (κ3) is 4.37. The van der Waals surface area contributed by atoms with Crippen molar-refractivity contribution in [3.05, 3.63) is 35.7 Å². The number of aliphatic carboxylic acids is 1. The molecule has 3 rings (SSSR count). The van der Waals surface area contributed by atoms with Crippen LogP contribution in [0.15, 0.2) is 24.3 Å². The highest BCUT2D eigenvalue weighted by atomic mass is 16.5. The van der Waals surface area contributed by atoms with Gasteiger partial charge in [-0.15, -0.1) is 10.2 Å². The normalized spacial score (nSPS) is 17.0. The fourth-order valence-electron chi connectivity index (χ4n) is 3.50. The minimum Gasteiger partial charge on any atom is -0.481 e. The number of aromatic amines is 1. The summed E-state index contributed by atoms with van der Waals surface area (Å²) in [5.74, 6) is -1.20. The molecule has 0 amide bonds. The van der Waals surface area contributed by atoms with Crippen molar-refractivity contribution in [2.75, 3.05) is 31.2 Å². The zero-order valence-corrected chi connectivity index (χ0v) is 15.0. The van der Waals surface area contributed by atoms with Gasteiger partial charge in [0.1, 0.15) is 0 Å². The second-order valence-electron chi connectivity index (χ2n) is 6.58. The minimum atomic E-state index is -0.814. The molecule has 0 spiro atoms. The largest absolute Gasteiger partial charge is 0.481 e. The van der Waals surface area contributed by atoms with Crippen molar-refractivity contribution in [3.8, 4) is 0 Å². The first-order valence-electron chi connectivity index (χ1n) is 9.06. The van der Waals surface area contributed by atoms with Gasteiger partial charge in [-0.1, -0.05) is 30.7 Å². The second-order valence-corrected chi connectivity index (χ2v) is 6.58. The van der Waals surface area contributed by atoms with Gasteiger partial charge in [0, 0.05) is 24.7 Å². The quantitative estimate of drug-likeness (QED) is 0.741. The summed E-state index contributed by atoms with van der Waals surface area (Å²) in [5.41, 5.74) is 2.21. The van der Waals surface area contributed by atoms with E-state index >= 15 is 0 Å². The highest BCUT2D eigenvalue weighted by Gasteiger charge is 2.32. The van der Waals surface area contributed by atoms with Crippen molar-refractivity contribution in [1.29, 1.82) is 0 Å². The van der Waals surface area contributed by atoms with Gasteiger partial charge in [0.15, 0.2) is 5.82 Å². The maximum Gasteiger partial charge on any atom is 0.307 e. The van der Waals surface area contributed by atoms with Gasteiger partial charge in [0.05, 0.1) is 19.1 Å². The van der Waals surface area contributed by atoms with E-state index in [1.165, 1.54) is 0 Å². The lowest BCUT2D eigenvalue weighted by atomic mass is 9.83. The maximum atomic E-state index is 11.8. The Hall–Kier alpha value is -2.48. The van der Waals surface area contributed by atoms with Crippen LogP contribution in [0.1, 0.15) is 37.1 Å². The first-order valence-corrected chi connectivity index (χ1v) is 9.06. The number of carboxylic acid groups (broad SMARTS) is 1. The van der Waals surface area contributed by atoms with Gasteiger partial charge in [0.25, 0.3) is 0 Å². The number of rotatable bonds is 8. The van der Waals surface area contributed by atoms with E-state index in [4.69, 9.17) is 4.74 Å². The smallest absolute Gasteiger partial charge is 0.307 e. The van der Waals surface area contributed by atoms with E-state index in [0.29, 0.717) is 18.7 Å². The number of carboxylic acids is 1. The van der Waals surface area contributed by atoms with Gasteiger partial charge < -0.3 is 14.7 Å².